The van der Waals surface area contributed by atoms with Gasteiger partial charge in [-0.25, -0.2) is 0 Å². The molecule has 82 valence electrons. The van der Waals surface area contributed by atoms with Crippen molar-refractivity contribution < 1.29 is 18.0 Å². The lowest BCUT2D eigenvalue weighted by atomic mass is 9.76. The van der Waals surface area contributed by atoms with Crippen molar-refractivity contribution in [1.29, 1.82) is 0 Å². The van der Waals surface area contributed by atoms with Crippen LogP contribution < -0.4 is 5.73 Å². The van der Waals surface area contributed by atoms with Crippen molar-refractivity contribution in [2.75, 3.05) is 6.54 Å². The third-order valence-electron chi connectivity index (χ3n) is 2.80. The number of carbonyl (C=O) groups is 1. The second kappa shape index (κ2) is 4.29. The summed E-state index contributed by atoms with van der Waals surface area (Å²) in [5, 5.41) is 0. The molecule has 2 nitrogen and oxygen atoms in total. The molecule has 0 aromatic heterocycles. The van der Waals surface area contributed by atoms with Crippen molar-refractivity contribution in [1.82, 2.24) is 0 Å². The minimum Gasteiger partial charge on any atom is -0.324 e. The van der Waals surface area contributed by atoms with E-state index in [-0.39, 0.29) is 13.0 Å². The van der Waals surface area contributed by atoms with E-state index >= 15 is 0 Å². The lowest BCUT2D eigenvalue weighted by Crippen LogP contribution is -2.39. The van der Waals surface area contributed by atoms with Gasteiger partial charge >= 0.3 is 6.18 Å². The van der Waals surface area contributed by atoms with E-state index in [4.69, 9.17) is 5.73 Å². The van der Waals surface area contributed by atoms with Crippen molar-refractivity contribution in [2.45, 2.75) is 31.9 Å². The molecule has 0 amide bonds. The minimum absolute atomic E-state index is 0.0694. The summed E-state index contributed by atoms with van der Waals surface area (Å²) in [5.74, 6) is -2.81. The summed E-state index contributed by atoms with van der Waals surface area (Å²) >= 11 is 0. The van der Waals surface area contributed by atoms with Crippen LogP contribution in [0.15, 0.2) is 0 Å². The number of hydrogen-bond donors (Lipinski definition) is 1. The van der Waals surface area contributed by atoms with Crippen LogP contribution >= 0.6 is 0 Å². The largest absolute Gasteiger partial charge is 0.392 e. The first kappa shape index (κ1) is 11.5. The van der Waals surface area contributed by atoms with Crippen LogP contribution in [0.1, 0.15) is 25.7 Å². The summed E-state index contributed by atoms with van der Waals surface area (Å²) in [6.45, 7) is -0.281. The molecular weight excluding hydrogens is 195 g/mol. The number of carbonyl (C=O) groups excluding carboxylic acids is 1. The Balaban J connectivity index is 2.74. The van der Waals surface area contributed by atoms with Gasteiger partial charge in [0.15, 0.2) is 0 Å². The van der Waals surface area contributed by atoms with E-state index in [0.29, 0.717) is 19.3 Å². The van der Waals surface area contributed by atoms with Crippen molar-refractivity contribution in [3.05, 3.63) is 0 Å². The highest BCUT2D eigenvalue weighted by Crippen LogP contribution is 2.41. The first-order valence-corrected chi connectivity index (χ1v) is 4.76. The van der Waals surface area contributed by atoms with E-state index < -0.39 is 23.8 Å². The number of hydrogen-bond acceptors (Lipinski definition) is 2. The average molecular weight is 209 g/mol. The van der Waals surface area contributed by atoms with Crippen LogP contribution in [0.5, 0.6) is 0 Å². The Bertz CT molecular complexity index is 215. The van der Waals surface area contributed by atoms with E-state index in [9.17, 15) is 18.0 Å². The van der Waals surface area contributed by atoms with Crippen LogP contribution in [0.25, 0.3) is 0 Å². The average Bonchev–Trinajstić information content (AvgIpc) is 2.15. The zero-order chi connectivity index (χ0) is 10.8. The van der Waals surface area contributed by atoms with Crippen LogP contribution in [-0.4, -0.2) is 18.5 Å². The smallest absolute Gasteiger partial charge is 0.324 e. The molecule has 5 heteroatoms. The quantitative estimate of drug-likeness (QED) is 0.754. The van der Waals surface area contributed by atoms with Crippen LogP contribution in [0, 0.1) is 11.8 Å². The number of nitrogens with two attached hydrogens (primary N) is 1. The Hall–Kier alpha value is -0.580. The first-order valence-electron chi connectivity index (χ1n) is 4.76. The minimum atomic E-state index is -4.25. The summed E-state index contributed by atoms with van der Waals surface area (Å²) in [6, 6.07) is 0. The molecule has 0 aromatic carbocycles. The lowest BCUT2D eigenvalue weighted by molar-refractivity contribution is -0.197. The Morgan fingerprint density at radius 2 is 1.86 bits per heavy atom. The van der Waals surface area contributed by atoms with Gasteiger partial charge in [-0.2, -0.15) is 13.2 Å². The molecule has 0 aliphatic heterocycles. The fourth-order valence-corrected chi connectivity index (χ4v) is 2.06. The van der Waals surface area contributed by atoms with E-state index in [1.807, 2.05) is 0 Å². The normalized spacial score (nSPS) is 28.9. The van der Waals surface area contributed by atoms with Gasteiger partial charge in [0, 0.05) is 5.92 Å². The van der Waals surface area contributed by atoms with Crippen molar-refractivity contribution in [3.8, 4) is 0 Å². The highest BCUT2D eigenvalue weighted by atomic mass is 19.4. The fraction of sp³-hybridized carbons (Fsp3) is 0.889. The number of Topliss-reactive ketones (excluding diaryl/α,β-unsaturated/α-hetero) is 1. The predicted molar refractivity (Wildman–Crippen MR) is 45.6 cm³/mol. The van der Waals surface area contributed by atoms with Gasteiger partial charge in [0.05, 0.1) is 12.5 Å². The maximum absolute atomic E-state index is 12.5. The molecule has 0 saturated heterocycles. The summed E-state index contributed by atoms with van der Waals surface area (Å²) in [5.41, 5.74) is 5.09. The molecule has 0 heterocycles. The molecule has 1 saturated carbocycles. The molecule has 0 aromatic rings. The number of ketones is 1. The Morgan fingerprint density at radius 3 is 2.36 bits per heavy atom. The Morgan fingerprint density at radius 1 is 1.29 bits per heavy atom. The summed E-state index contributed by atoms with van der Waals surface area (Å²) in [6.07, 6.45) is -2.60. The topological polar surface area (TPSA) is 43.1 Å². The third kappa shape index (κ3) is 2.47. The number of alkyl halides is 3. The maximum atomic E-state index is 12.5. The third-order valence-corrected chi connectivity index (χ3v) is 2.80. The van der Waals surface area contributed by atoms with Gasteiger partial charge in [-0.1, -0.05) is 12.8 Å². The standard InChI is InChI=1S/C9H14F3NO/c10-9(11,12)7-4-2-1-3-6(7)8(14)5-13/h6-7H,1-5,13H2. The van der Waals surface area contributed by atoms with Crippen LogP contribution in [0.3, 0.4) is 0 Å². The van der Waals surface area contributed by atoms with Crippen molar-refractivity contribution >= 4 is 5.78 Å². The monoisotopic (exact) mass is 209 g/mol. The second-order valence-corrected chi connectivity index (χ2v) is 3.71. The molecule has 0 bridgehead atoms. The molecule has 1 fully saturated rings. The molecule has 2 atom stereocenters. The van der Waals surface area contributed by atoms with E-state index in [1.165, 1.54) is 0 Å². The van der Waals surface area contributed by atoms with E-state index in [0.717, 1.165) is 0 Å². The molecule has 1 aliphatic rings. The molecule has 1 rings (SSSR count). The number of halogens is 3. The summed E-state index contributed by atoms with van der Waals surface area (Å²) in [7, 11) is 0. The number of rotatable bonds is 2. The molecule has 2 unspecified atom stereocenters. The lowest BCUT2D eigenvalue weighted by Gasteiger charge is -2.31. The predicted octanol–water partition coefficient (Wildman–Crippen LogP) is 1.88. The van der Waals surface area contributed by atoms with Gasteiger partial charge in [-0.3, -0.25) is 4.79 Å². The Labute approximate surface area is 80.7 Å². The van der Waals surface area contributed by atoms with E-state index in [2.05, 4.69) is 0 Å². The van der Waals surface area contributed by atoms with Crippen molar-refractivity contribution in [2.24, 2.45) is 17.6 Å². The van der Waals surface area contributed by atoms with Gasteiger partial charge in [-0.05, 0) is 12.8 Å². The van der Waals surface area contributed by atoms with E-state index in [1.54, 1.807) is 0 Å². The van der Waals surface area contributed by atoms with Gasteiger partial charge in [0.25, 0.3) is 0 Å². The van der Waals surface area contributed by atoms with Gasteiger partial charge in [0.1, 0.15) is 5.78 Å². The summed E-state index contributed by atoms with van der Waals surface area (Å²) < 4.78 is 37.5. The molecular formula is C9H14F3NO. The molecule has 1 aliphatic carbocycles. The molecule has 0 radical (unpaired) electrons. The van der Waals surface area contributed by atoms with Gasteiger partial charge in [-0.15, -0.1) is 0 Å². The maximum Gasteiger partial charge on any atom is 0.392 e. The summed E-state index contributed by atoms with van der Waals surface area (Å²) in [4.78, 5) is 11.2. The molecule has 0 spiro atoms. The highest BCUT2D eigenvalue weighted by Gasteiger charge is 2.47. The zero-order valence-electron chi connectivity index (χ0n) is 7.81. The highest BCUT2D eigenvalue weighted by molar-refractivity contribution is 5.83. The second-order valence-electron chi connectivity index (χ2n) is 3.71. The van der Waals surface area contributed by atoms with Gasteiger partial charge < -0.3 is 5.73 Å². The Kier molecular flexibility index (Phi) is 3.53. The molecule has 2 N–H and O–H groups in total. The fourth-order valence-electron chi connectivity index (χ4n) is 2.06. The molecule has 14 heavy (non-hydrogen) atoms. The zero-order valence-corrected chi connectivity index (χ0v) is 7.81. The van der Waals surface area contributed by atoms with Crippen LogP contribution in [0.4, 0.5) is 13.2 Å². The first-order chi connectivity index (χ1) is 6.46. The van der Waals surface area contributed by atoms with Crippen molar-refractivity contribution in [3.63, 3.8) is 0 Å². The SMILES string of the molecule is NCC(=O)C1CCCCC1C(F)(F)F. The van der Waals surface area contributed by atoms with Gasteiger partial charge in [0.2, 0.25) is 0 Å². The van der Waals surface area contributed by atoms with Crippen LogP contribution in [0.2, 0.25) is 0 Å². The van der Waals surface area contributed by atoms with Crippen LogP contribution in [-0.2, 0) is 4.79 Å².